The highest BCUT2D eigenvalue weighted by molar-refractivity contribution is 5.19. The monoisotopic (exact) mass is 203 g/mol. The van der Waals surface area contributed by atoms with Crippen LogP contribution in [0.1, 0.15) is 44.1 Å². The molecule has 0 spiro atoms. The largest absolute Gasteiger partial charge is 0.328 e. The van der Waals surface area contributed by atoms with Gasteiger partial charge in [0, 0.05) is 6.04 Å². The molecule has 1 nitrogen and oxygen atoms in total. The molecule has 1 aliphatic carbocycles. The first kappa shape index (κ1) is 10.7. The molecule has 1 aliphatic rings. The van der Waals surface area contributed by atoms with Crippen LogP contribution in [0.3, 0.4) is 0 Å². The van der Waals surface area contributed by atoms with Gasteiger partial charge >= 0.3 is 0 Å². The molecule has 0 aromatic heterocycles. The van der Waals surface area contributed by atoms with Crippen LogP contribution in [-0.4, -0.2) is 6.04 Å². The first-order chi connectivity index (χ1) is 7.27. The fourth-order valence-electron chi connectivity index (χ4n) is 2.70. The van der Waals surface area contributed by atoms with Crippen molar-refractivity contribution in [3.8, 4) is 0 Å². The molecular formula is C14H21N. The summed E-state index contributed by atoms with van der Waals surface area (Å²) >= 11 is 0. The molecule has 2 N–H and O–H groups in total. The van der Waals surface area contributed by atoms with E-state index in [1.165, 1.54) is 31.2 Å². The van der Waals surface area contributed by atoms with Crippen molar-refractivity contribution in [2.45, 2.75) is 44.6 Å². The van der Waals surface area contributed by atoms with Gasteiger partial charge in [-0.15, -0.1) is 0 Å². The van der Waals surface area contributed by atoms with E-state index in [9.17, 15) is 0 Å². The van der Waals surface area contributed by atoms with Crippen molar-refractivity contribution < 1.29 is 0 Å². The van der Waals surface area contributed by atoms with Crippen LogP contribution in [0.25, 0.3) is 0 Å². The Morgan fingerprint density at radius 3 is 2.20 bits per heavy atom. The van der Waals surface area contributed by atoms with E-state index in [0.717, 1.165) is 11.8 Å². The Morgan fingerprint density at radius 2 is 1.67 bits per heavy atom. The number of rotatable bonds is 2. The minimum atomic E-state index is 0.377. The average Bonchev–Trinajstić information content (AvgIpc) is 2.30. The van der Waals surface area contributed by atoms with E-state index in [-0.39, 0.29) is 0 Å². The summed E-state index contributed by atoms with van der Waals surface area (Å²) < 4.78 is 0. The van der Waals surface area contributed by atoms with E-state index in [0.29, 0.717) is 6.04 Å². The average molecular weight is 203 g/mol. The molecule has 2 rings (SSSR count). The lowest BCUT2D eigenvalue weighted by Crippen LogP contribution is -2.29. The Morgan fingerprint density at radius 1 is 1.07 bits per heavy atom. The molecule has 1 saturated carbocycles. The zero-order chi connectivity index (χ0) is 10.7. The van der Waals surface area contributed by atoms with E-state index < -0.39 is 0 Å². The van der Waals surface area contributed by atoms with Crippen LogP contribution in [0.15, 0.2) is 30.3 Å². The quantitative estimate of drug-likeness (QED) is 0.784. The maximum atomic E-state index is 5.95. The topological polar surface area (TPSA) is 26.0 Å². The lowest BCUT2D eigenvalue weighted by Gasteiger charge is -2.30. The van der Waals surface area contributed by atoms with Gasteiger partial charge in [0.2, 0.25) is 0 Å². The van der Waals surface area contributed by atoms with Gasteiger partial charge in [0.25, 0.3) is 0 Å². The van der Waals surface area contributed by atoms with Crippen LogP contribution in [0.2, 0.25) is 0 Å². The van der Waals surface area contributed by atoms with Crippen molar-refractivity contribution in [1.82, 2.24) is 0 Å². The summed E-state index contributed by atoms with van der Waals surface area (Å²) in [6.07, 6.45) is 5.24. The standard InChI is InChI=1S/C14H21N/c1-11(15)12-7-9-14(10-8-12)13-5-3-2-4-6-13/h2-6,11-12,14H,7-10,15H2,1H3. The third kappa shape index (κ3) is 2.60. The van der Waals surface area contributed by atoms with Crippen LogP contribution >= 0.6 is 0 Å². The second kappa shape index (κ2) is 4.80. The van der Waals surface area contributed by atoms with Crippen LogP contribution in [-0.2, 0) is 0 Å². The third-order valence-electron chi connectivity index (χ3n) is 3.79. The number of nitrogens with two attached hydrogens (primary N) is 1. The molecule has 0 bridgehead atoms. The molecule has 1 aromatic rings. The van der Waals surface area contributed by atoms with Crippen molar-refractivity contribution in [2.75, 3.05) is 0 Å². The van der Waals surface area contributed by atoms with E-state index in [2.05, 4.69) is 37.3 Å². The summed E-state index contributed by atoms with van der Waals surface area (Å²) in [4.78, 5) is 0. The van der Waals surface area contributed by atoms with Crippen LogP contribution in [0, 0.1) is 5.92 Å². The SMILES string of the molecule is CC(N)C1CCC(c2ccccc2)CC1. The van der Waals surface area contributed by atoms with Crippen molar-refractivity contribution >= 4 is 0 Å². The summed E-state index contributed by atoms with van der Waals surface area (Å²) in [7, 11) is 0. The molecule has 0 radical (unpaired) electrons. The fourth-order valence-corrected chi connectivity index (χ4v) is 2.70. The van der Waals surface area contributed by atoms with E-state index >= 15 is 0 Å². The Labute approximate surface area is 92.7 Å². The van der Waals surface area contributed by atoms with Gasteiger partial charge in [-0.3, -0.25) is 0 Å². The Kier molecular flexibility index (Phi) is 3.42. The predicted molar refractivity (Wildman–Crippen MR) is 64.8 cm³/mol. The second-order valence-electron chi connectivity index (χ2n) is 4.88. The summed E-state index contributed by atoms with van der Waals surface area (Å²) in [5.74, 6) is 1.53. The van der Waals surface area contributed by atoms with Gasteiger partial charge in [-0.25, -0.2) is 0 Å². The zero-order valence-electron chi connectivity index (χ0n) is 9.52. The molecule has 1 heteroatoms. The van der Waals surface area contributed by atoms with Gasteiger partial charge in [0.05, 0.1) is 0 Å². The smallest absolute Gasteiger partial charge is 0.00387 e. The molecular weight excluding hydrogens is 182 g/mol. The Balaban J connectivity index is 1.94. The van der Waals surface area contributed by atoms with Gasteiger partial charge in [-0.2, -0.15) is 0 Å². The third-order valence-corrected chi connectivity index (χ3v) is 3.79. The summed E-state index contributed by atoms with van der Waals surface area (Å²) in [5.41, 5.74) is 7.47. The van der Waals surface area contributed by atoms with Gasteiger partial charge in [-0.05, 0) is 50.0 Å². The van der Waals surface area contributed by atoms with Gasteiger partial charge in [-0.1, -0.05) is 30.3 Å². The lowest BCUT2D eigenvalue weighted by molar-refractivity contribution is 0.291. The van der Waals surface area contributed by atoms with E-state index in [1.54, 1.807) is 0 Å². The Hall–Kier alpha value is -0.820. The molecule has 0 amide bonds. The zero-order valence-corrected chi connectivity index (χ0v) is 9.52. The van der Waals surface area contributed by atoms with Crippen molar-refractivity contribution in [3.63, 3.8) is 0 Å². The van der Waals surface area contributed by atoms with Crippen molar-refractivity contribution in [1.29, 1.82) is 0 Å². The maximum Gasteiger partial charge on any atom is 0.00387 e. The minimum Gasteiger partial charge on any atom is -0.328 e. The fraction of sp³-hybridized carbons (Fsp3) is 0.571. The molecule has 1 unspecified atom stereocenters. The van der Waals surface area contributed by atoms with Gasteiger partial charge < -0.3 is 5.73 Å². The van der Waals surface area contributed by atoms with Crippen molar-refractivity contribution in [3.05, 3.63) is 35.9 Å². The summed E-state index contributed by atoms with van der Waals surface area (Å²) in [6, 6.07) is 11.3. The molecule has 1 fully saturated rings. The first-order valence-corrected chi connectivity index (χ1v) is 6.08. The number of hydrogen-bond acceptors (Lipinski definition) is 1. The van der Waals surface area contributed by atoms with E-state index in [4.69, 9.17) is 5.73 Å². The molecule has 0 aliphatic heterocycles. The molecule has 1 aromatic carbocycles. The van der Waals surface area contributed by atoms with Crippen LogP contribution in [0.4, 0.5) is 0 Å². The highest BCUT2D eigenvalue weighted by atomic mass is 14.6. The second-order valence-corrected chi connectivity index (χ2v) is 4.88. The van der Waals surface area contributed by atoms with Gasteiger partial charge in [0.1, 0.15) is 0 Å². The molecule has 0 saturated heterocycles. The predicted octanol–water partition coefficient (Wildman–Crippen LogP) is 3.31. The lowest BCUT2D eigenvalue weighted by atomic mass is 9.76. The minimum absolute atomic E-state index is 0.377. The molecule has 0 heterocycles. The Bertz CT molecular complexity index is 283. The highest BCUT2D eigenvalue weighted by Gasteiger charge is 2.23. The van der Waals surface area contributed by atoms with Crippen molar-refractivity contribution in [2.24, 2.45) is 11.7 Å². The first-order valence-electron chi connectivity index (χ1n) is 6.08. The van der Waals surface area contributed by atoms with E-state index in [1.807, 2.05) is 0 Å². The number of hydrogen-bond donors (Lipinski definition) is 1. The highest BCUT2D eigenvalue weighted by Crippen LogP contribution is 2.36. The summed E-state index contributed by atoms with van der Waals surface area (Å²) in [5, 5.41) is 0. The van der Waals surface area contributed by atoms with Crippen LogP contribution in [0.5, 0.6) is 0 Å². The molecule has 15 heavy (non-hydrogen) atoms. The molecule has 82 valence electrons. The van der Waals surface area contributed by atoms with Gasteiger partial charge in [0.15, 0.2) is 0 Å². The normalized spacial score (nSPS) is 28.7. The molecule has 1 atom stereocenters. The summed E-state index contributed by atoms with van der Waals surface area (Å²) in [6.45, 7) is 2.15. The van der Waals surface area contributed by atoms with Crippen LogP contribution < -0.4 is 5.73 Å². The number of benzene rings is 1. The maximum absolute atomic E-state index is 5.95.